The van der Waals surface area contributed by atoms with Crippen LogP contribution >= 0.6 is 0 Å². The molecule has 1 fully saturated rings. The molecule has 1 heterocycles. The van der Waals surface area contributed by atoms with Gasteiger partial charge in [0.15, 0.2) is 0 Å². The molecule has 104 valence electrons. The molecule has 0 saturated carbocycles. The molecule has 0 bridgehead atoms. The van der Waals surface area contributed by atoms with Crippen LogP contribution in [0.3, 0.4) is 0 Å². The summed E-state index contributed by atoms with van der Waals surface area (Å²) in [7, 11) is 4.15. The zero-order valence-electron chi connectivity index (χ0n) is 11.8. The van der Waals surface area contributed by atoms with Gasteiger partial charge in [-0.25, -0.2) is 0 Å². The molecule has 0 aliphatic carbocycles. The molecule has 4 heteroatoms. The van der Waals surface area contributed by atoms with E-state index in [1.165, 1.54) is 0 Å². The van der Waals surface area contributed by atoms with E-state index in [0.29, 0.717) is 19.0 Å². The number of carbonyl (C=O) groups is 1. The largest absolute Gasteiger partial charge is 0.341 e. The summed E-state index contributed by atoms with van der Waals surface area (Å²) in [6.07, 6.45) is 1.57. The number of benzene rings is 1. The Morgan fingerprint density at radius 2 is 1.95 bits per heavy atom. The van der Waals surface area contributed by atoms with Gasteiger partial charge in [-0.3, -0.25) is 4.79 Å². The van der Waals surface area contributed by atoms with Crippen molar-refractivity contribution < 1.29 is 4.79 Å². The lowest BCUT2D eigenvalue weighted by molar-refractivity contribution is -0.129. The molecule has 1 aliphatic rings. The molecular weight excluding hydrogens is 238 g/mol. The molecule has 2 rings (SSSR count). The van der Waals surface area contributed by atoms with Gasteiger partial charge in [-0.2, -0.15) is 0 Å². The number of nitrogens with zero attached hydrogens (tertiary/aromatic N) is 2. The quantitative estimate of drug-likeness (QED) is 0.874. The lowest BCUT2D eigenvalue weighted by Crippen LogP contribution is -2.35. The predicted molar refractivity (Wildman–Crippen MR) is 76.7 cm³/mol. The Labute approximate surface area is 115 Å². The molecule has 1 aromatic rings. The van der Waals surface area contributed by atoms with Crippen molar-refractivity contribution in [3.05, 3.63) is 35.4 Å². The average molecular weight is 261 g/mol. The molecule has 4 nitrogen and oxygen atoms in total. The highest BCUT2D eigenvalue weighted by Crippen LogP contribution is 2.15. The van der Waals surface area contributed by atoms with Gasteiger partial charge in [0.1, 0.15) is 0 Å². The maximum atomic E-state index is 12.2. The molecule has 19 heavy (non-hydrogen) atoms. The van der Waals surface area contributed by atoms with Crippen molar-refractivity contribution in [1.82, 2.24) is 9.80 Å². The third-order valence-electron chi connectivity index (χ3n) is 3.86. The van der Waals surface area contributed by atoms with E-state index < -0.39 is 0 Å². The fourth-order valence-electron chi connectivity index (χ4n) is 2.47. The lowest BCUT2D eigenvalue weighted by Gasteiger charge is -2.20. The van der Waals surface area contributed by atoms with E-state index in [2.05, 4.69) is 19.0 Å². The summed E-state index contributed by atoms with van der Waals surface area (Å²) >= 11 is 0. The van der Waals surface area contributed by atoms with Crippen molar-refractivity contribution in [2.75, 3.05) is 27.2 Å². The molecule has 1 unspecified atom stereocenters. The molecule has 1 aromatic carbocycles. The second-order valence-corrected chi connectivity index (χ2v) is 5.44. The number of hydrogen-bond acceptors (Lipinski definition) is 3. The van der Waals surface area contributed by atoms with Crippen LogP contribution in [0.4, 0.5) is 0 Å². The van der Waals surface area contributed by atoms with Crippen LogP contribution in [0.15, 0.2) is 24.3 Å². The third-order valence-corrected chi connectivity index (χ3v) is 3.86. The van der Waals surface area contributed by atoms with Gasteiger partial charge in [-0.05, 0) is 31.6 Å². The first-order valence-electron chi connectivity index (χ1n) is 6.82. The normalized spacial score (nSPS) is 19.2. The van der Waals surface area contributed by atoms with Crippen LogP contribution in [0.5, 0.6) is 0 Å². The third kappa shape index (κ3) is 3.55. The number of rotatable bonds is 4. The number of amides is 1. The van der Waals surface area contributed by atoms with Gasteiger partial charge in [0.05, 0.1) is 6.42 Å². The van der Waals surface area contributed by atoms with Gasteiger partial charge >= 0.3 is 0 Å². The Bertz CT molecular complexity index is 428. The first-order chi connectivity index (χ1) is 9.10. The number of hydrogen-bond donors (Lipinski definition) is 1. The van der Waals surface area contributed by atoms with Crippen LogP contribution in [0.2, 0.25) is 0 Å². The molecule has 2 N–H and O–H groups in total. The molecular formula is C15H23N3O. The summed E-state index contributed by atoms with van der Waals surface area (Å²) in [5, 5.41) is 0. The van der Waals surface area contributed by atoms with Crippen LogP contribution < -0.4 is 5.73 Å². The highest BCUT2D eigenvalue weighted by molar-refractivity contribution is 5.79. The zero-order chi connectivity index (χ0) is 13.8. The summed E-state index contributed by atoms with van der Waals surface area (Å²) in [6, 6.07) is 8.49. The first-order valence-corrected chi connectivity index (χ1v) is 6.82. The molecule has 0 radical (unpaired) electrons. The van der Waals surface area contributed by atoms with E-state index in [4.69, 9.17) is 5.73 Å². The van der Waals surface area contributed by atoms with Gasteiger partial charge in [0.25, 0.3) is 0 Å². The smallest absolute Gasteiger partial charge is 0.227 e. The maximum absolute atomic E-state index is 12.2. The summed E-state index contributed by atoms with van der Waals surface area (Å²) in [4.78, 5) is 16.4. The Morgan fingerprint density at radius 1 is 1.32 bits per heavy atom. The second-order valence-electron chi connectivity index (χ2n) is 5.44. The van der Waals surface area contributed by atoms with Crippen LogP contribution in [-0.2, 0) is 17.8 Å². The summed E-state index contributed by atoms with van der Waals surface area (Å²) in [6.45, 7) is 2.28. The summed E-state index contributed by atoms with van der Waals surface area (Å²) < 4.78 is 0. The number of carbonyl (C=O) groups excluding carboxylic acids is 1. The minimum Gasteiger partial charge on any atom is -0.341 e. The van der Waals surface area contributed by atoms with Crippen molar-refractivity contribution in [3.8, 4) is 0 Å². The zero-order valence-corrected chi connectivity index (χ0v) is 11.8. The van der Waals surface area contributed by atoms with E-state index >= 15 is 0 Å². The fraction of sp³-hybridized carbons (Fsp3) is 0.533. The molecule has 0 aromatic heterocycles. The van der Waals surface area contributed by atoms with Crippen molar-refractivity contribution in [1.29, 1.82) is 0 Å². The Balaban J connectivity index is 1.90. The second kappa shape index (κ2) is 6.17. The molecule has 1 atom stereocenters. The van der Waals surface area contributed by atoms with Gasteiger partial charge in [0, 0.05) is 25.7 Å². The van der Waals surface area contributed by atoms with Crippen molar-refractivity contribution >= 4 is 5.91 Å². The molecule has 1 aliphatic heterocycles. The predicted octanol–water partition coefficient (Wildman–Crippen LogP) is 0.850. The highest BCUT2D eigenvalue weighted by atomic mass is 16.2. The van der Waals surface area contributed by atoms with Gasteiger partial charge < -0.3 is 15.5 Å². The van der Waals surface area contributed by atoms with Crippen LogP contribution in [0.1, 0.15) is 17.5 Å². The van der Waals surface area contributed by atoms with Crippen LogP contribution in [0.25, 0.3) is 0 Å². The number of likely N-dealkylation sites (N-methyl/N-ethyl adjacent to an activating group) is 1. The monoisotopic (exact) mass is 261 g/mol. The van der Waals surface area contributed by atoms with E-state index in [-0.39, 0.29) is 5.91 Å². The molecule has 0 spiro atoms. The lowest BCUT2D eigenvalue weighted by atomic mass is 10.1. The SMILES string of the molecule is CN(C)C1CCN(C(=O)Cc2ccc(CN)cc2)C1. The fourth-order valence-corrected chi connectivity index (χ4v) is 2.47. The van der Waals surface area contributed by atoms with Crippen molar-refractivity contribution in [3.63, 3.8) is 0 Å². The highest BCUT2D eigenvalue weighted by Gasteiger charge is 2.27. The van der Waals surface area contributed by atoms with Crippen molar-refractivity contribution in [2.24, 2.45) is 5.73 Å². The van der Waals surface area contributed by atoms with Gasteiger partial charge in [-0.15, -0.1) is 0 Å². The number of likely N-dealkylation sites (tertiary alicyclic amines) is 1. The van der Waals surface area contributed by atoms with E-state index in [9.17, 15) is 4.79 Å². The number of nitrogens with two attached hydrogens (primary N) is 1. The van der Waals surface area contributed by atoms with E-state index in [1.54, 1.807) is 0 Å². The Morgan fingerprint density at radius 3 is 2.47 bits per heavy atom. The molecule has 1 amide bonds. The average Bonchev–Trinajstić information content (AvgIpc) is 2.89. The Hall–Kier alpha value is -1.39. The van der Waals surface area contributed by atoms with Crippen LogP contribution in [0, 0.1) is 0 Å². The topological polar surface area (TPSA) is 49.6 Å². The van der Waals surface area contributed by atoms with Crippen LogP contribution in [-0.4, -0.2) is 48.9 Å². The maximum Gasteiger partial charge on any atom is 0.227 e. The van der Waals surface area contributed by atoms with E-state index in [0.717, 1.165) is 30.6 Å². The Kier molecular flexibility index (Phi) is 4.56. The van der Waals surface area contributed by atoms with Crippen molar-refractivity contribution in [2.45, 2.75) is 25.4 Å². The van der Waals surface area contributed by atoms with Gasteiger partial charge in [-0.1, -0.05) is 24.3 Å². The van der Waals surface area contributed by atoms with E-state index in [1.807, 2.05) is 29.2 Å². The minimum atomic E-state index is 0.227. The standard InChI is InChI=1S/C15H23N3O/c1-17(2)14-7-8-18(11-14)15(19)9-12-3-5-13(10-16)6-4-12/h3-6,14H,7-11,16H2,1-2H3. The summed E-state index contributed by atoms with van der Waals surface area (Å²) in [5.41, 5.74) is 7.73. The minimum absolute atomic E-state index is 0.227. The molecule has 1 saturated heterocycles. The first kappa shape index (κ1) is 14.0. The van der Waals surface area contributed by atoms with Gasteiger partial charge in [0.2, 0.25) is 5.91 Å². The summed E-state index contributed by atoms with van der Waals surface area (Å²) in [5.74, 6) is 0.227.